The van der Waals surface area contributed by atoms with Crippen LogP contribution in [0.5, 0.6) is 0 Å². The molecule has 1 saturated heterocycles. The SMILES string of the molecule is CC[C@@H](NC(=O)C1CCN(Cc2ccc(Cl)cc2F)CC1)c1ccc2c(c1)CCCC2. The van der Waals surface area contributed by atoms with Gasteiger partial charge in [0, 0.05) is 23.0 Å². The third kappa shape index (κ3) is 5.48. The van der Waals surface area contributed by atoms with Crippen LogP contribution in [0.4, 0.5) is 4.39 Å². The van der Waals surface area contributed by atoms with E-state index in [1.165, 1.54) is 42.0 Å². The largest absolute Gasteiger partial charge is 0.349 e. The number of rotatable bonds is 6. The molecule has 0 unspecified atom stereocenters. The van der Waals surface area contributed by atoms with Crippen LogP contribution in [0.1, 0.15) is 67.3 Å². The number of nitrogens with one attached hydrogen (secondary N) is 1. The molecule has 0 aromatic heterocycles. The topological polar surface area (TPSA) is 32.3 Å². The van der Waals surface area contributed by atoms with Gasteiger partial charge in [0.1, 0.15) is 5.82 Å². The first kappa shape index (κ1) is 22.3. The maximum atomic E-state index is 14.1. The molecule has 3 nitrogen and oxygen atoms in total. The summed E-state index contributed by atoms with van der Waals surface area (Å²) in [7, 11) is 0. The second kappa shape index (κ2) is 10.1. The maximum absolute atomic E-state index is 14.1. The molecule has 0 bridgehead atoms. The molecule has 1 amide bonds. The van der Waals surface area contributed by atoms with E-state index < -0.39 is 0 Å². The van der Waals surface area contributed by atoms with E-state index in [4.69, 9.17) is 11.6 Å². The number of hydrogen-bond acceptors (Lipinski definition) is 2. The number of nitrogens with zero attached hydrogens (tertiary/aromatic N) is 1. The van der Waals surface area contributed by atoms with Crippen molar-refractivity contribution in [2.45, 2.75) is 64.5 Å². The highest BCUT2D eigenvalue weighted by Gasteiger charge is 2.27. The van der Waals surface area contributed by atoms with Gasteiger partial charge in [-0.3, -0.25) is 9.69 Å². The Balaban J connectivity index is 1.31. The zero-order valence-electron chi connectivity index (χ0n) is 18.3. The molecule has 1 heterocycles. The van der Waals surface area contributed by atoms with Gasteiger partial charge in [0.15, 0.2) is 0 Å². The monoisotopic (exact) mass is 442 g/mol. The predicted octanol–water partition coefficient (Wildman–Crippen LogP) is 5.84. The summed E-state index contributed by atoms with van der Waals surface area (Å²) < 4.78 is 14.1. The van der Waals surface area contributed by atoms with Crippen molar-refractivity contribution in [2.24, 2.45) is 5.92 Å². The van der Waals surface area contributed by atoms with Gasteiger partial charge in [-0.15, -0.1) is 0 Å². The summed E-state index contributed by atoms with van der Waals surface area (Å²) in [6.07, 6.45) is 7.38. The number of piperidine rings is 1. The lowest BCUT2D eigenvalue weighted by molar-refractivity contribution is -0.127. The molecule has 166 valence electrons. The molecule has 2 aliphatic rings. The first-order chi connectivity index (χ1) is 15.0. The van der Waals surface area contributed by atoms with Crippen LogP contribution in [0.3, 0.4) is 0 Å². The minimum atomic E-state index is -0.261. The molecule has 1 N–H and O–H groups in total. The summed E-state index contributed by atoms with van der Waals surface area (Å²) >= 11 is 5.85. The quantitative estimate of drug-likeness (QED) is 0.609. The van der Waals surface area contributed by atoms with Crippen molar-refractivity contribution >= 4 is 17.5 Å². The fourth-order valence-corrected chi connectivity index (χ4v) is 5.08. The average molecular weight is 443 g/mol. The number of benzene rings is 2. The second-order valence-electron chi connectivity index (χ2n) is 8.99. The summed E-state index contributed by atoms with van der Waals surface area (Å²) in [5, 5.41) is 3.72. The van der Waals surface area contributed by atoms with E-state index in [-0.39, 0.29) is 23.7 Å². The van der Waals surface area contributed by atoms with Crippen molar-refractivity contribution in [3.05, 3.63) is 69.5 Å². The van der Waals surface area contributed by atoms with Gasteiger partial charge in [0.25, 0.3) is 0 Å². The highest BCUT2D eigenvalue weighted by molar-refractivity contribution is 6.30. The van der Waals surface area contributed by atoms with Crippen LogP contribution in [0.25, 0.3) is 0 Å². The first-order valence-corrected chi connectivity index (χ1v) is 12.0. The molecule has 1 aliphatic heterocycles. The van der Waals surface area contributed by atoms with Crippen LogP contribution in [0.2, 0.25) is 5.02 Å². The van der Waals surface area contributed by atoms with Crippen LogP contribution in [-0.4, -0.2) is 23.9 Å². The molecular formula is C26H32ClFN2O. The molecular weight excluding hydrogens is 411 g/mol. The fourth-order valence-electron chi connectivity index (χ4n) is 4.92. The Labute approximate surface area is 190 Å². The number of carbonyl (C=O) groups is 1. The Morgan fingerprint density at radius 3 is 2.58 bits per heavy atom. The van der Waals surface area contributed by atoms with E-state index in [1.807, 2.05) is 0 Å². The molecule has 0 saturated carbocycles. The smallest absolute Gasteiger partial charge is 0.223 e. The third-order valence-corrected chi connectivity index (χ3v) is 7.10. The Hall–Kier alpha value is -1.91. The Morgan fingerprint density at radius 2 is 1.87 bits per heavy atom. The van der Waals surface area contributed by atoms with Gasteiger partial charge in [0.05, 0.1) is 6.04 Å². The number of likely N-dealkylation sites (tertiary alicyclic amines) is 1. The standard InChI is InChI=1S/C26H32ClFN2O/c1-2-25(21-8-7-18-5-3-4-6-20(18)15-21)29-26(31)19-11-13-30(14-12-19)17-22-9-10-23(27)16-24(22)28/h7-10,15-16,19,25H,2-6,11-14,17H2,1H3,(H,29,31)/t25-/m1/s1. The van der Waals surface area contributed by atoms with Gasteiger partial charge < -0.3 is 5.32 Å². The Bertz CT molecular complexity index is 924. The van der Waals surface area contributed by atoms with Crippen molar-refractivity contribution in [3.63, 3.8) is 0 Å². The van der Waals surface area contributed by atoms with Crippen molar-refractivity contribution in [3.8, 4) is 0 Å². The summed E-state index contributed by atoms with van der Waals surface area (Å²) in [6.45, 7) is 4.29. The normalized spacial score (nSPS) is 18.4. The first-order valence-electron chi connectivity index (χ1n) is 11.6. The summed E-state index contributed by atoms with van der Waals surface area (Å²) in [5.41, 5.74) is 4.82. The number of aryl methyl sites for hydroxylation is 2. The van der Waals surface area contributed by atoms with Gasteiger partial charge >= 0.3 is 0 Å². The molecule has 4 rings (SSSR count). The van der Waals surface area contributed by atoms with Crippen molar-refractivity contribution in [1.82, 2.24) is 10.2 Å². The fraction of sp³-hybridized carbons (Fsp3) is 0.500. The van der Waals surface area contributed by atoms with Gasteiger partial charge in [-0.1, -0.05) is 42.8 Å². The van der Waals surface area contributed by atoms with E-state index in [1.54, 1.807) is 12.1 Å². The molecule has 31 heavy (non-hydrogen) atoms. The minimum Gasteiger partial charge on any atom is -0.349 e. The van der Waals surface area contributed by atoms with E-state index in [9.17, 15) is 9.18 Å². The van der Waals surface area contributed by atoms with Gasteiger partial charge in [-0.2, -0.15) is 0 Å². The Morgan fingerprint density at radius 1 is 1.13 bits per heavy atom. The molecule has 2 aromatic carbocycles. The lowest BCUT2D eigenvalue weighted by atomic mass is 9.88. The molecule has 1 fully saturated rings. The predicted molar refractivity (Wildman–Crippen MR) is 124 cm³/mol. The summed E-state index contributed by atoms with van der Waals surface area (Å²) in [6, 6.07) is 11.7. The van der Waals surface area contributed by atoms with Crippen LogP contribution in [0, 0.1) is 11.7 Å². The zero-order valence-corrected chi connectivity index (χ0v) is 19.1. The van der Waals surface area contributed by atoms with Crippen molar-refractivity contribution in [2.75, 3.05) is 13.1 Å². The van der Waals surface area contributed by atoms with Crippen LogP contribution >= 0.6 is 11.6 Å². The third-order valence-electron chi connectivity index (χ3n) is 6.87. The molecule has 1 aliphatic carbocycles. The second-order valence-corrected chi connectivity index (χ2v) is 9.43. The lowest BCUT2D eigenvalue weighted by Crippen LogP contribution is -2.41. The number of hydrogen-bond donors (Lipinski definition) is 1. The van der Waals surface area contributed by atoms with E-state index in [0.717, 1.165) is 38.8 Å². The average Bonchev–Trinajstić information content (AvgIpc) is 2.79. The van der Waals surface area contributed by atoms with Gasteiger partial charge in [-0.25, -0.2) is 4.39 Å². The lowest BCUT2D eigenvalue weighted by Gasteiger charge is -2.32. The van der Waals surface area contributed by atoms with Crippen molar-refractivity contribution < 1.29 is 9.18 Å². The van der Waals surface area contributed by atoms with Crippen molar-refractivity contribution in [1.29, 1.82) is 0 Å². The van der Waals surface area contributed by atoms with Gasteiger partial charge in [0.2, 0.25) is 5.91 Å². The molecule has 1 atom stereocenters. The van der Waals surface area contributed by atoms with Crippen LogP contribution in [0.15, 0.2) is 36.4 Å². The minimum absolute atomic E-state index is 0.0259. The highest BCUT2D eigenvalue weighted by atomic mass is 35.5. The summed E-state index contributed by atoms with van der Waals surface area (Å²) in [4.78, 5) is 15.2. The zero-order chi connectivity index (χ0) is 21.8. The van der Waals surface area contributed by atoms with Gasteiger partial charge in [-0.05, 0) is 86.9 Å². The highest BCUT2D eigenvalue weighted by Crippen LogP contribution is 2.27. The maximum Gasteiger partial charge on any atom is 0.223 e. The van der Waals surface area contributed by atoms with Crippen LogP contribution in [-0.2, 0) is 24.2 Å². The number of fused-ring (bicyclic) bond motifs is 1. The molecule has 5 heteroatoms. The van der Waals surface area contributed by atoms with Crippen LogP contribution < -0.4 is 5.32 Å². The summed E-state index contributed by atoms with van der Waals surface area (Å²) in [5.74, 6) is -0.0805. The molecule has 0 radical (unpaired) electrons. The number of carbonyl (C=O) groups excluding carboxylic acids is 1. The van der Waals surface area contributed by atoms with E-state index >= 15 is 0 Å². The number of amides is 1. The number of halogens is 2. The molecule has 2 aromatic rings. The Kier molecular flexibility index (Phi) is 7.29. The molecule has 0 spiro atoms. The van der Waals surface area contributed by atoms with E-state index in [0.29, 0.717) is 17.1 Å². The van der Waals surface area contributed by atoms with E-state index in [2.05, 4.69) is 35.3 Å².